The number of rotatable bonds is 3. The summed E-state index contributed by atoms with van der Waals surface area (Å²) >= 11 is 0. The Hall–Kier alpha value is -3.06. The van der Waals surface area contributed by atoms with Gasteiger partial charge in [-0.1, -0.05) is 48.6 Å². The predicted octanol–water partition coefficient (Wildman–Crippen LogP) is 7.38. The number of anilines is 3. The molecule has 0 saturated carbocycles. The molecule has 1 heteroatoms. The SMILES string of the molecule is Cc1cccc(N(c2ccc3c(c2)C=CCC3)c2ccc3c(c2)CCC=C3)c1. The van der Waals surface area contributed by atoms with Crippen molar-refractivity contribution in [1.82, 2.24) is 0 Å². The van der Waals surface area contributed by atoms with E-state index in [4.69, 9.17) is 0 Å². The highest BCUT2D eigenvalue weighted by Gasteiger charge is 2.16. The van der Waals surface area contributed by atoms with Crippen molar-refractivity contribution >= 4 is 29.2 Å². The normalized spacial score (nSPS) is 14.5. The Balaban J connectivity index is 1.66. The first-order valence-electron chi connectivity index (χ1n) is 10.2. The standard InChI is InChI=1S/C27H25N/c1-20-7-6-12-25(17-20)28(26-15-13-21-8-2-4-10-23(21)18-26)27-16-14-22-9-3-5-11-24(22)19-27/h2,5-8,11-19H,3-4,9-10H2,1H3. The van der Waals surface area contributed by atoms with Gasteiger partial charge in [0.25, 0.3) is 0 Å². The van der Waals surface area contributed by atoms with E-state index < -0.39 is 0 Å². The predicted molar refractivity (Wildman–Crippen MR) is 121 cm³/mol. The van der Waals surface area contributed by atoms with Crippen molar-refractivity contribution in [3.63, 3.8) is 0 Å². The molecule has 0 fully saturated rings. The van der Waals surface area contributed by atoms with E-state index >= 15 is 0 Å². The zero-order valence-electron chi connectivity index (χ0n) is 16.4. The lowest BCUT2D eigenvalue weighted by Gasteiger charge is -2.28. The number of benzene rings is 3. The topological polar surface area (TPSA) is 3.24 Å². The summed E-state index contributed by atoms with van der Waals surface area (Å²) in [5.41, 5.74) is 10.5. The van der Waals surface area contributed by atoms with E-state index in [2.05, 4.69) is 96.8 Å². The largest absolute Gasteiger partial charge is 0.310 e. The van der Waals surface area contributed by atoms with Crippen molar-refractivity contribution in [3.05, 3.63) is 101 Å². The van der Waals surface area contributed by atoms with E-state index in [1.165, 1.54) is 44.9 Å². The Bertz CT molecular complexity index is 1090. The van der Waals surface area contributed by atoms with Crippen LogP contribution in [0.1, 0.15) is 40.7 Å². The zero-order chi connectivity index (χ0) is 18.9. The van der Waals surface area contributed by atoms with Crippen LogP contribution in [0, 0.1) is 6.92 Å². The van der Waals surface area contributed by atoms with Crippen molar-refractivity contribution in [2.24, 2.45) is 0 Å². The van der Waals surface area contributed by atoms with Crippen LogP contribution in [0.15, 0.2) is 72.8 Å². The molecule has 0 amide bonds. The van der Waals surface area contributed by atoms with Crippen LogP contribution in [0.4, 0.5) is 17.1 Å². The Kier molecular flexibility index (Phi) is 4.37. The molecule has 0 spiro atoms. The second-order valence-electron chi connectivity index (χ2n) is 7.82. The molecule has 2 aliphatic rings. The fraction of sp³-hybridized carbons (Fsp3) is 0.185. The summed E-state index contributed by atoms with van der Waals surface area (Å²) in [7, 11) is 0. The highest BCUT2D eigenvalue weighted by atomic mass is 15.1. The molecule has 3 aromatic rings. The lowest BCUT2D eigenvalue weighted by Crippen LogP contribution is -2.12. The molecule has 0 N–H and O–H groups in total. The van der Waals surface area contributed by atoms with Crippen molar-refractivity contribution in [3.8, 4) is 0 Å². The van der Waals surface area contributed by atoms with Crippen molar-refractivity contribution in [2.45, 2.75) is 32.6 Å². The van der Waals surface area contributed by atoms with Gasteiger partial charge in [0.15, 0.2) is 0 Å². The second kappa shape index (κ2) is 7.16. The third-order valence-electron chi connectivity index (χ3n) is 5.79. The molecule has 1 nitrogen and oxygen atoms in total. The van der Waals surface area contributed by atoms with E-state index in [0.717, 1.165) is 25.7 Å². The van der Waals surface area contributed by atoms with Gasteiger partial charge in [-0.3, -0.25) is 0 Å². The highest BCUT2D eigenvalue weighted by Crippen LogP contribution is 2.38. The summed E-state index contributed by atoms with van der Waals surface area (Å²) in [4.78, 5) is 2.40. The van der Waals surface area contributed by atoms with Gasteiger partial charge in [0.2, 0.25) is 0 Å². The summed E-state index contributed by atoms with van der Waals surface area (Å²) in [5.74, 6) is 0. The van der Waals surface area contributed by atoms with Gasteiger partial charge in [0.05, 0.1) is 0 Å². The van der Waals surface area contributed by atoms with Gasteiger partial charge in [0, 0.05) is 17.1 Å². The summed E-state index contributed by atoms with van der Waals surface area (Å²) in [6.07, 6.45) is 13.6. The third-order valence-corrected chi connectivity index (χ3v) is 5.79. The summed E-state index contributed by atoms with van der Waals surface area (Å²) in [5, 5.41) is 0. The summed E-state index contributed by atoms with van der Waals surface area (Å²) < 4.78 is 0. The average molecular weight is 364 g/mol. The molecular formula is C27H25N. The number of nitrogens with zero attached hydrogens (tertiary/aromatic N) is 1. The molecular weight excluding hydrogens is 338 g/mol. The van der Waals surface area contributed by atoms with Gasteiger partial charge in [-0.25, -0.2) is 0 Å². The van der Waals surface area contributed by atoms with Gasteiger partial charge < -0.3 is 4.90 Å². The molecule has 28 heavy (non-hydrogen) atoms. The first-order chi connectivity index (χ1) is 13.8. The van der Waals surface area contributed by atoms with E-state index in [0.29, 0.717) is 0 Å². The number of aryl methyl sites for hydroxylation is 3. The maximum Gasteiger partial charge on any atom is 0.0467 e. The molecule has 0 unspecified atom stereocenters. The van der Waals surface area contributed by atoms with Crippen LogP contribution in [0.5, 0.6) is 0 Å². The number of hydrogen-bond donors (Lipinski definition) is 0. The van der Waals surface area contributed by atoms with E-state index in [9.17, 15) is 0 Å². The van der Waals surface area contributed by atoms with Crippen LogP contribution in [-0.4, -0.2) is 0 Å². The Morgan fingerprint density at radius 2 is 1.36 bits per heavy atom. The molecule has 0 heterocycles. The molecule has 0 atom stereocenters. The summed E-state index contributed by atoms with van der Waals surface area (Å²) in [6, 6.07) is 22.6. The molecule has 0 saturated heterocycles. The molecule has 0 bridgehead atoms. The lowest BCUT2D eigenvalue weighted by atomic mass is 9.95. The molecule has 0 aromatic heterocycles. The molecule has 0 aliphatic heterocycles. The van der Waals surface area contributed by atoms with Crippen LogP contribution in [0.25, 0.3) is 12.2 Å². The van der Waals surface area contributed by atoms with E-state index in [-0.39, 0.29) is 0 Å². The van der Waals surface area contributed by atoms with Gasteiger partial charge in [0.1, 0.15) is 0 Å². The average Bonchev–Trinajstić information content (AvgIpc) is 2.74. The van der Waals surface area contributed by atoms with Crippen molar-refractivity contribution in [2.75, 3.05) is 4.90 Å². The van der Waals surface area contributed by atoms with E-state index in [1.807, 2.05) is 0 Å². The van der Waals surface area contributed by atoms with Crippen LogP contribution >= 0.6 is 0 Å². The smallest absolute Gasteiger partial charge is 0.0467 e. The zero-order valence-corrected chi connectivity index (χ0v) is 16.4. The quantitative estimate of drug-likeness (QED) is 0.469. The van der Waals surface area contributed by atoms with E-state index in [1.54, 1.807) is 0 Å². The number of hydrogen-bond acceptors (Lipinski definition) is 1. The van der Waals surface area contributed by atoms with Crippen molar-refractivity contribution in [1.29, 1.82) is 0 Å². The Labute approximate surface area is 167 Å². The Morgan fingerprint density at radius 3 is 2.21 bits per heavy atom. The van der Waals surface area contributed by atoms with Crippen LogP contribution in [-0.2, 0) is 12.8 Å². The third kappa shape index (κ3) is 3.18. The first kappa shape index (κ1) is 17.1. The highest BCUT2D eigenvalue weighted by molar-refractivity contribution is 5.80. The molecule has 3 aromatic carbocycles. The monoisotopic (exact) mass is 363 g/mol. The van der Waals surface area contributed by atoms with Crippen LogP contribution < -0.4 is 4.90 Å². The summed E-state index contributed by atoms with van der Waals surface area (Å²) in [6.45, 7) is 2.16. The Morgan fingerprint density at radius 1 is 0.643 bits per heavy atom. The van der Waals surface area contributed by atoms with Crippen LogP contribution in [0.3, 0.4) is 0 Å². The maximum absolute atomic E-state index is 2.40. The number of allylic oxidation sites excluding steroid dienone is 2. The van der Waals surface area contributed by atoms with Crippen molar-refractivity contribution < 1.29 is 0 Å². The maximum atomic E-state index is 2.40. The minimum atomic E-state index is 1.12. The van der Waals surface area contributed by atoms with Gasteiger partial charge in [-0.15, -0.1) is 0 Å². The number of fused-ring (bicyclic) bond motifs is 2. The fourth-order valence-electron chi connectivity index (χ4n) is 4.33. The minimum absolute atomic E-state index is 1.12. The van der Waals surface area contributed by atoms with Gasteiger partial charge in [-0.2, -0.15) is 0 Å². The molecule has 138 valence electrons. The molecule has 5 rings (SSSR count). The minimum Gasteiger partial charge on any atom is -0.310 e. The second-order valence-corrected chi connectivity index (χ2v) is 7.82. The lowest BCUT2D eigenvalue weighted by molar-refractivity contribution is 0.982. The fourth-order valence-corrected chi connectivity index (χ4v) is 4.33. The molecule has 2 aliphatic carbocycles. The first-order valence-corrected chi connectivity index (χ1v) is 10.2. The molecule has 0 radical (unpaired) electrons. The van der Waals surface area contributed by atoms with Crippen LogP contribution in [0.2, 0.25) is 0 Å². The van der Waals surface area contributed by atoms with Gasteiger partial charge >= 0.3 is 0 Å². The van der Waals surface area contributed by atoms with Gasteiger partial charge in [-0.05, 0) is 96.8 Å².